The summed E-state index contributed by atoms with van der Waals surface area (Å²) in [5.41, 5.74) is 0.412. The van der Waals surface area contributed by atoms with Gasteiger partial charge in [-0.05, 0) is 37.6 Å². The Balaban J connectivity index is 1.91. The lowest BCUT2D eigenvalue weighted by Crippen LogP contribution is -2.37. The Bertz CT molecular complexity index is 865. The molecule has 1 heterocycles. The predicted octanol–water partition coefficient (Wildman–Crippen LogP) is 2.71. The van der Waals surface area contributed by atoms with E-state index >= 15 is 0 Å². The molecule has 0 radical (unpaired) electrons. The van der Waals surface area contributed by atoms with Gasteiger partial charge in [0.15, 0.2) is 4.90 Å². The zero-order chi connectivity index (χ0) is 18.6. The van der Waals surface area contributed by atoms with Crippen LogP contribution in [0.1, 0.15) is 24.4 Å². The first-order chi connectivity index (χ1) is 12.5. The molecule has 1 aliphatic rings. The number of nitro groups is 1. The van der Waals surface area contributed by atoms with Crippen molar-refractivity contribution in [1.29, 1.82) is 0 Å². The van der Waals surface area contributed by atoms with Gasteiger partial charge in [-0.2, -0.15) is 0 Å². The maximum atomic E-state index is 12.9. The number of benzene rings is 2. The van der Waals surface area contributed by atoms with Crippen LogP contribution in [0.25, 0.3) is 0 Å². The van der Waals surface area contributed by atoms with Crippen molar-refractivity contribution >= 4 is 15.7 Å². The molecule has 7 nitrogen and oxygen atoms in total. The van der Waals surface area contributed by atoms with Gasteiger partial charge in [-0.3, -0.25) is 10.1 Å². The van der Waals surface area contributed by atoms with Gasteiger partial charge in [0.1, 0.15) is 0 Å². The van der Waals surface area contributed by atoms with Crippen LogP contribution in [0.2, 0.25) is 0 Å². The van der Waals surface area contributed by atoms with Crippen molar-refractivity contribution in [3.63, 3.8) is 0 Å². The first-order valence-corrected chi connectivity index (χ1v) is 9.99. The van der Waals surface area contributed by atoms with Crippen LogP contribution in [-0.4, -0.2) is 37.9 Å². The first kappa shape index (κ1) is 18.5. The van der Waals surface area contributed by atoms with Gasteiger partial charge in [-0.25, -0.2) is 13.1 Å². The highest BCUT2D eigenvalue weighted by Gasteiger charge is 2.29. The fourth-order valence-electron chi connectivity index (χ4n) is 3.21. The fourth-order valence-corrected chi connectivity index (χ4v) is 4.59. The van der Waals surface area contributed by atoms with Gasteiger partial charge < -0.3 is 4.90 Å². The summed E-state index contributed by atoms with van der Waals surface area (Å²) in [6, 6.07) is 14.2. The lowest BCUT2D eigenvalue weighted by atomic mass is 10.1. The van der Waals surface area contributed by atoms with Crippen LogP contribution in [0.4, 0.5) is 5.69 Å². The number of rotatable bonds is 7. The summed E-state index contributed by atoms with van der Waals surface area (Å²) in [6.07, 6.45) is 2.19. The van der Waals surface area contributed by atoms with Crippen LogP contribution in [-0.2, 0) is 10.0 Å². The van der Waals surface area contributed by atoms with E-state index in [2.05, 4.69) is 9.62 Å². The molecule has 26 heavy (non-hydrogen) atoms. The Morgan fingerprint density at radius 3 is 2.31 bits per heavy atom. The van der Waals surface area contributed by atoms with Gasteiger partial charge in [-0.1, -0.05) is 42.5 Å². The van der Waals surface area contributed by atoms with Gasteiger partial charge in [0.25, 0.3) is 5.69 Å². The van der Waals surface area contributed by atoms with Crippen molar-refractivity contribution in [3.05, 3.63) is 70.3 Å². The molecule has 0 saturated carbocycles. The zero-order valence-corrected chi connectivity index (χ0v) is 15.1. The summed E-state index contributed by atoms with van der Waals surface area (Å²) in [5, 5.41) is 11.2. The third-order valence-electron chi connectivity index (χ3n) is 4.49. The lowest BCUT2D eigenvalue weighted by molar-refractivity contribution is -0.387. The molecule has 0 unspecified atom stereocenters. The molecule has 1 atom stereocenters. The minimum atomic E-state index is -4.04. The number of nitrogens with one attached hydrogen (secondary N) is 1. The minimum absolute atomic E-state index is 0.313. The fraction of sp³-hybridized carbons (Fsp3) is 0.333. The molecule has 1 fully saturated rings. The van der Waals surface area contributed by atoms with E-state index in [0.29, 0.717) is 6.54 Å². The van der Waals surface area contributed by atoms with Gasteiger partial charge in [-0.15, -0.1) is 0 Å². The molecule has 1 aliphatic heterocycles. The summed E-state index contributed by atoms with van der Waals surface area (Å²) in [7, 11) is -4.04. The van der Waals surface area contributed by atoms with Gasteiger partial charge in [0.05, 0.1) is 11.0 Å². The van der Waals surface area contributed by atoms with E-state index in [-0.39, 0.29) is 4.90 Å². The number of sulfonamides is 1. The quantitative estimate of drug-likeness (QED) is 0.593. The highest BCUT2D eigenvalue weighted by molar-refractivity contribution is 7.89. The molecule has 1 saturated heterocycles. The molecular formula is C18H21N3O4S. The number of likely N-dealkylation sites (tertiary alicyclic amines) is 1. The Hall–Kier alpha value is -2.29. The maximum absolute atomic E-state index is 12.9. The SMILES string of the molecule is O=[N+]([O-])c1ccccc1S(=O)(=O)N[C@H](CN1CCCC1)c1ccccc1. The van der Waals surface area contributed by atoms with Gasteiger partial charge in [0.2, 0.25) is 10.0 Å². The van der Waals surface area contributed by atoms with Crippen molar-refractivity contribution in [2.24, 2.45) is 0 Å². The van der Waals surface area contributed by atoms with Crippen molar-refractivity contribution in [2.75, 3.05) is 19.6 Å². The zero-order valence-electron chi connectivity index (χ0n) is 14.2. The number of para-hydroxylation sites is 1. The first-order valence-electron chi connectivity index (χ1n) is 8.50. The normalized spacial score (nSPS) is 16.5. The van der Waals surface area contributed by atoms with Crippen molar-refractivity contribution in [3.8, 4) is 0 Å². The molecule has 0 amide bonds. The lowest BCUT2D eigenvalue weighted by Gasteiger charge is -2.24. The highest BCUT2D eigenvalue weighted by Crippen LogP contribution is 2.26. The molecule has 1 N–H and O–H groups in total. The van der Waals surface area contributed by atoms with Crippen molar-refractivity contribution in [1.82, 2.24) is 9.62 Å². The van der Waals surface area contributed by atoms with Gasteiger partial charge >= 0.3 is 0 Å². The topological polar surface area (TPSA) is 92.5 Å². The second kappa shape index (κ2) is 7.94. The highest BCUT2D eigenvalue weighted by atomic mass is 32.2. The summed E-state index contributed by atoms with van der Waals surface area (Å²) in [4.78, 5) is 12.4. The van der Waals surface area contributed by atoms with Crippen LogP contribution in [0.15, 0.2) is 59.5 Å². The van der Waals surface area contributed by atoms with E-state index in [1.165, 1.54) is 24.3 Å². The van der Waals surface area contributed by atoms with E-state index in [0.717, 1.165) is 31.5 Å². The standard InChI is InChI=1S/C18H21N3O4S/c22-21(23)17-10-4-5-11-18(17)26(24,25)19-16(14-20-12-6-7-13-20)15-8-2-1-3-9-15/h1-5,8-11,16,19H,6-7,12-14H2/t16-/m1/s1. The Labute approximate surface area is 152 Å². The molecule has 0 aromatic heterocycles. The maximum Gasteiger partial charge on any atom is 0.289 e. The Morgan fingerprint density at radius 1 is 1.04 bits per heavy atom. The van der Waals surface area contributed by atoms with Crippen molar-refractivity contribution < 1.29 is 13.3 Å². The summed E-state index contributed by atoms with van der Waals surface area (Å²) >= 11 is 0. The summed E-state index contributed by atoms with van der Waals surface area (Å²) < 4.78 is 28.4. The predicted molar refractivity (Wildman–Crippen MR) is 98.3 cm³/mol. The van der Waals surface area contributed by atoms with E-state index in [1.54, 1.807) is 0 Å². The van der Waals surface area contributed by atoms with Gasteiger partial charge in [0, 0.05) is 12.6 Å². The molecule has 3 rings (SSSR count). The average Bonchev–Trinajstić information content (AvgIpc) is 3.15. The smallest absolute Gasteiger partial charge is 0.289 e. The molecule has 2 aromatic carbocycles. The molecule has 0 spiro atoms. The van der Waals surface area contributed by atoms with Crippen molar-refractivity contribution in [2.45, 2.75) is 23.8 Å². The average molecular weight is 375 g/mol. The molecule has 2 aromatic rings. The number of hydrogen-bond acceptors (Lipinski definition) is 5. The van der Waals surface area contributed by atoms with E-state index in [1.807, 2.05) is 30.3 Å². The van der Waals surface area contributed by atoms with E-state index in [4.69, 9.17) is 0 Å². The van der Waals surface area contributed by atoms with Crippen LogP contribution in [0, 0.1) is 10.1 Å². The molecule has 8 heteroatoms. The summed E-state index contributed by atoms with van der Waals surface area (Å²) in [6.45, 7) is 2.39. The van der Waals surface area contributed by atoms with E-state index < -0.39 is 26.7 Å². The van der Waals surface area contributed by atoms with E-state index in [9.17, 15) is 18.5 Å². The van der Waals surface area contributed by atoms with Crippen LogP contribution >= 0.6 is 0 Å². The largest absolute Gasteiger partial charge is 0.301 e. The summed E-state index contributed by atoms with van der Waals surface area (Å²) in [5.74, 6) is 0. The molecule has 0 bridgehead atoms. The minimum Gasteiger partial charge on any atom is -0.301 e. The van der Waals surface area contributed by atoms with Crippen LogP contribution in [0.3, 0.4) is 0 Å². The van der Waals surface area contributed by atoms with Crippen LogP contribution < -0.4 is 4.72 Å². The number of nitro benzene ring substituents is 1. The number of nitrogens with zero attached hydrogens (tertiary/aromatic N) is 2. The number of hydrogen-bond donors (Lipinski definition) is 1. The second-order valence-electron chi connectivity index (χ2n) is 6.32. The van der Waals surface area contributed by atoms with Crippen LogP contribution in [0.5, 0.6) is 0 Å². The Morgan fingerprint density at radius 2 is 1.65 bits per heavy atom. The molecular weight excluding hydrogens is 354 g/mol. The third kappa shape index (κ3) is 4.27. The molecule has 138 valence electrons. The third-order valence-corrected chi connectivity index (χ3v) is 6.01. The monoisotopic (exact) mass is 375 g/mol. The Kier molecular flexibility index (Phi) is 5.65. The molecule has 0 aliphatic carbocycles. The second-order valence-corrected chi connectivity index (χ2v) is 8.00.